The van der Waals surface area contributed by atoms with Gasteiger partial charge in [-0.2, -0.15) is 13.2 Å². The largest absolute Gasteiger partial charge is 0.416 e. The van der Waals surface area contributed by atoms with E-state index >= 15 is 0 Å². The Morgan fingerprint density at radius 1 is 1.15 bits per heavy atom. The van der Waals surface area contributed by atoms with Crippen molar-refractivity contribution in [2.24, 2.45) is 0 Å². The Morgan fingerprint density at radius 2 is 1.81 bits per heavy atom. The van der Waals surface area contributed by atoms with Crippen LogP contribution in [0.15, 0.2) is 47.4 Å². The predicted octanol–water partition coefficient (Wildman–Crippen LogP) is 4.62. The number of hydrogen-bond acceptors (Lipinski definition) is 4. The number of halogens is 4. The molecule has 2 rings (SSSR count). The van der Waals surface area contributed by atoms with Gasteiger partial charge >= 0.3 is 6.18 Å². The Hall–Kier alpha value is -1.42. The Labute approximate surface area is 172 Å². The van der Waals surface area contributed by atoms with Gasteiger partial charge in [0, 0.05) is 33.3 Å². The molecular formula is C17H14F3IN2O2S2. The van der Waals surface area contributed by atoms with Gasteiger partial charge < -0.3 is 5.32 Å². The van der Waals surface area contributed by atoms with Crippen molar-refractivity contribution in [3.8, 4) is 11.2 Å². The smallest absolute Gasteiger partial charge is 0.380 e. The quantitative estimate of drug-likeness (QED) is 0.441. The molecule has 0 atom stereocenters. The van der Waals surface area contributed by atoms with E-state index in [-0.39, 0.29) is 11.4 Å². The van der Waals surface area contributed by atoms with Crippen LogP contribution in [-0.4, -0.2) is 15.5 Å². The molecule has 27 heavy (non-hydrogen) atoms. The average molecular weight is 526 g/mol. The third-order valence-electron chi connectivity index (χ3n) is 3.56. The molecule has 0 fully saturated rings. The van der Waals surface area contributed by atoms with Crippen molar-refractivity contribution < 1.29 is 21.6 Å². The zero-order valence-electron chi connectivity index (χ0n) is 13.9. The van der Waals surface area contributed by atoms with Crippen molar-refractivity contribution in [1.82, 2.24) is 4.72 Å². The van der Waals surface area contributed by atoms with Crippen LogP contribution in [0, 0.1) is 11.2 Å². The van der Waals surface area contributed by atoms with Crippen molar-refractivity contribution in [2.45, 2.75) is 17.6 Å². The number of anilines is 1. The molecule has 0 heterocycles. The summed E-state index contributed by atoms with van der Waals surface area (Å²) < 4.78 is 64.0. The molecule has 2 N–H and O–H groups in total. The third kappa shape index (κ3) is 6.03. The Morgan fingerprint density at radius 3 is 2.37 bits per heavy atom. The summed E-state index contributed by atoms with van der Waals surface area (Å²) in [6.07, 6.45) is -4.37. The fraction of sp³-hybridized carbons (Fsp3) is 0.176. The van der Waals surface area contributed by atoms with Crippen LogP contribution >= 0.6 is 30.1 Å². The average Bonchev–Trinajstić information content (AvgIpc) is 2.64. The molecule has 0 aromatic heterocycles. The number of nitrogens with one attached hydrogen (secondary N) is 2. The molecule has 0 saturated carbocycles. The first-order valence-corrected chi connectivity index (χ1v) is 12.3. The summed E-state index contributed by atoms with van der Waals surface area (Å²) in [6.45, 7) is 0.266. The standard InChI is InChI=1S/C17H14F3IN2O2S2/c1-22-27(24,25)15-6-7-16(13(10-15)8-9-26-21)23-11-12-2-4-14(5-3-12)17(18,19)20/h2-7,10,22-23H,11H2,1H3. The first kappa shape index (κ1) is 21.9. The minimum absolute atomic E-state index is 0.0767. The van der Waals surface area contributed by atoms with Gasteiger partial charge in [0.15, 0.2) is 0 Å². The molecule has 0 spiro atoms. The summed E-state index contributed by atoms with van der Waals surface area (Å²) in [5, 5.41) is 5.88. The van der Waals surface area contributed by atoms with E-state index < -0.39 is 21.8 Å². The lowest BCUT2D eigenvalue weighted by Gasteiger charge is -2.12. The van der Waals surface area contributed by atoms with Gasteiger partial charge in [0.05, 0.1) is 16.1 Å². The maximum absolute atomic E-state index is 12.6. The fourth-order valence-electron chi connectivity index (χ4n) is 2.15. The maximum atomic E-state index is 12.6. The highest BCUT2D eigenvalue weighted by atomic mass is 127. The molecule has 2 aromatic rings. The van der Waals surface area contributed by atoms with Gasteiger partial charge in [0.1, 0.15) is 0 Å². The lowest BCUT2D eigenvalue weighted by atomic mass is 10.1. The van der Waals surface area contributed by atoms with E-state index in [0.29, 0.717) is 16.8 Å². The molecule has 0 saturated heterocycles. The summed E-state index contributed by atoms with van der Waals surface area (Å²) in [4.78, 5) is 0.0767. The first-order chi connectivity index (χ1) is 12.7. The Balaban J connectivity index is 2.25. The van der Waals surface area contributed by atoms with Crippen LogP contribution < -0.4 is 10.0 Å². The third-order valence-corrected chi connectivity index (χ3v) is 5.81. The first-order valence-electron chi connectivity index (χ1n) is 7.43. The van der Waals surface area contributed by atoms with E-state index in [0.717, 1.165) is 12.1 Å². The van der Waals surface area contributed by atoms with Crippen LogP contribution in [-0.2, 0) is 22.7 Å². The second-order valence-electron chi connectivity index (χ2n) is 5.27. The lowest BCUT2D eigenvalue weighted by Crippen LogP contribution is -2.18. The van der Waals surface area contributed by atoms with Gasteiger partial charge in [-0.1, -0.05) is 18.1 Å². The summed E-state index contributed by atoms with van der Waals surface area (Å²) in [5.41, 5.74) is 1.00. The van der Waals surface area contributed by atoms with Crippen LogP contribution in [0.5, 0.6) is 0 Å². The predicted molar refractivity (Wildman–Crippen MR) is 110 cm³/mol. The highest BCUT2D eigenvalue weighted by molar-refractivity contribution is 14.2. The zero-order chi connectivity index (χ0) is 20.1. The number of sulfonamides is 1. The van der Waals surface area contributed by atoms with Crippen LogP contribution in [0.25, 0.3) is 0 Å². The van der Waals surface area contributed by atoms with Crippen molar-refractivity contribution in [3.05, 3.63) is 59.2 Å². The van der Waals surface area contributed by atoms with Crippen LogP contribution in [0.2, 0.25) is 0 Å². The summed E-state index contributed by atoms with van der Waals surface area (Å²) in [5.74, 6) is 2.87. The molecule has 4 nitrogen and oxygen atoms in total. The highest BCUT2D eigenvalue weighted by Crippen LogP contribution is 2.29. The minimum atomic E-state index is -4.37. The molecular weight excluding hydrogens is 512 g/mol. The summed E-state index contributed by atoms with van der Waals surface area (Å²) >= 11 is 2.00. The van der Waals surface area contributed by atoms with Gasteiger partial charge in [-0.15, -0.1) is 0 Å². The molecule has 10 heteroatoms. The van der Waals surface area contributed by atoms with Crippen LogP contribution in [0.1, 0.15) is 16.7 Å². The molecule has 0 bridgehead atoms. The van der Waals surface area contributed by atoms with E-state index in [2.05, 4.69) is 21.2 Å². The molecule has 0 amide bonds. The number of rotatable bonds is 5. The topological polar surface area (TPSA) is 58.2 Å². The molecule has 0 aliphatic carbocycles. The molecule has 144 valence electrons. The normalized spacial score (nSPS) is 11.6. The number of alkyl halides is 3. The number of benzene rings is 2. The molecule has 0 aliphatic heterocycles. The van der Waals surface area contributed by atoms with Gasteiger partial charge in [0.2, 0.25) is 10.0 Å². The highest BCUT2D eigenvalue weighted by Gasteiger charge is 2.29. The van der Waals surface area contributed by atoms with Crippen molar-refractivity contribution in [1.29, 1.82) is 0 Å². The van der Waals surface area contributed by atoms with Crippen molar-refractivity contribution >= 4 is 45.8 Å². The van der Waals surface area contributed by atoms with E-state index in [1.807, 2.05) is 21.2 Å². The second kappa shape index (κ2) is 9.18. The van der Waals surface area contributed by atoms with Crippen molar-refractivity contribution in [2.75, 3.05) is 12.4 Å². The number of hydrogen-bond donors (Lipinski definition) is 2. The molecule has 0 aliphatic rings. The van der Waals surface area contributed by atoms with Crippen molar-refractivity contribution in [3.63, 3.8) is 0 Å². The van der Waals surface area contributed by atoms with Gasteiger partial charge in [-0.25, -0.2) is 13.1 Å². The summed E-state index contributed by atoms with van der Waals surface area (Å²) in [6, 6.07) is 9.28. The van der Waals surface area contributed by atoms with Crippen LogP contribution in [0.3, 0.4) is 0 Å². The van der Waals surface area contributed by atoms with E-state index in [9.17, 15) is 21.6 Å². The minimum Gasteiger partial charge on any atom is -0.380 e. The van der Waals surface area contributed by atoms with Gasteiger partial charge in [0.25, 0.3) is 0 Å². The monoisotopic (exact) mass is 526 g/mol. The van der Waals surface area contributed by atoms with Gasteiger partial charge in [-0.3, -0.25) is 0 Å². The Kier molecular flexibility index (Phi) is 7.44. The SMILES string of the molecule is CNS(=O)(=O)c1ccc(NCc2ccc(C(F)(F)F)cc2)c(C#CSI)c1. The summed E-state index contributed by atoms with van der Waals surface area (Å²) in [7, 11) is -1.04. The van der Waals surface area contributed by atoms with E-state index in [1.165, 1.54) is 40.2 Å². The Bertz CT molecular complexity index is 966. The molecule has 0 unspecified atom stereocenters. The molecule has 2 aromatic carbocycles. The second-order valence-corrected chi connectivity index (χ2v) is 8.83. The maximum Gasteiger partial charge on any atom is 0.416 e. The van der Waals surface area contributed by atoms with Gasteiger partial charge in [-0.05, 0) is 57.1 Å². The lowest BCUT2D eigenvalue weighted by molar-refractivity contribution is -0.137. The van der Waals surface area contributed by atoms with Crippen LogP contribution in [0.4, 0.5) is 18.9 Å². The fourth-order valence-corrected chi connectivity index (χ4v) is 3.38. The zero-order valence-corrected chi connectivity index (χ0v) is 17.7. The van der Waals surface area contributed by atoms with E-state index in [1.54, 1.807) is 6.07 Å². The van der Waals surface area contributed by atoms with E-state index in [4.69, 9.17) is 0 Å². The molecule has 0 radical (unpaired) electrons.